The minimum atomic E-state index is -0.344. The maximum absolute atomic E-state index is 12.2. The number of nitrogens with zero attached hydrogens (tertiary/aromatic N) is 4. The molecule has 6 nitrogen and oxygen atoms in total. The Morgan fingerprint density at radius 1 is 1.37 bits per heavy atom. The van der Waals surface area contributed by atoms with E-state index in [0.29, 0.717) is 17.7 Å². The van der Waals surface area contributed by atoms with E-state index in [-0.39, 0.29) is 21.9 Å². The molecular formula is C11H11Cl2N5O. The Bertz CT molecular complexity index is 605. The van der Waals surface area contributed by atoms with Crippen molar-refractivity contribution >= 4 is 34.8 Å². The van der Waals surface area contributed by atoms with Gasteiger partial charge in [-0.3, -0.25) is 9.48 Å². The average Bonchev–Trinajstić information content (AvgIpc) is 2.75. The van der Waals surface area contributed by atoms with Crippen LogP contribution in [0.5, 0.6) is 0 Å². The fourth-order valence-electron chi connectivity index (χ4n) is 1.61. The van der Waals surface area contributed by atoms with Crippen molar-refractivity contribution in [3.05, 3.63) is 34.1 Å². The molecule has 0 radical (unpaired) electrons. The molecule has 1 N–H and O–H groups in total. The number of anilines is 1. The van der Waals surface area contributed by atoms with Gasteiger partial charge in [-0.05, 0) is 6.42 Å². The lowest BCUT2D eigenvalue weighted by molar-refractivity contribution is 0.102. The number of amides is 1. The van der Waals surface area contributed by atoms with Crippen LogP contribution in [-0.4, -0.2) is 25.7 Å². The highest BCUT2D eigenvalue weighted by Gasteiger charge is 2.17. The number of aromatic nitrogens is 4. The zero-order valence-corrected chi connectivity index (χ0v) is 11.8. The topological polar surface area (TPSA) is 72.7 Å². The quantitative estimate of drug-likeness (QED) is 0.883. The van der Waals surface area contributed by atoms with Gasteiger partial charge < -0.3 is 5.32 Å². The van der Waals surface area contributed by atoms with Crippen LogP contribution in [-0.2, 0) is 13.5 Å². The molecule has 0 fully saturated rings. The number of carbonyl (C=O) groups excluding carboxylic acids is 1. The van der Waals surface area contributed by atoms with E-state index in [1.165, 1.54) is 6.33 Å². The van der Waals surface area contributed by atoms with Gasteiger partial charge in [-0.1, -0.05) is 30.1 Å². The third-order valence-corrected chi connectivity index (χ3v) is 3.05. The van der Waals surface area contributed by atoms with Gasteiger partial charge in [-0.25, -0.2) is 9.97 Å². The van der Waals surface area contributed by atoms with Crippen LogP contribution in [0.25, 0.3) is 0 Å². The number of hydrogen-bond acceptors (Lipinski definition) is 4. The molecule has 2 aromatic rings. The first kappa shape index (κ1) is 13.8. The molecule has 0 aliphatic rings. The molecule has 100 valence electrons. The minimum absolute atomic E-state index is 0.0929. The third kappa shape index (κ3) is 2.85. The minimum Gasteiger partial charge on any atom is -0.317 e. The molecule has 0 spiro atoms. The third-order valence-electron chi connectivity index (χ3n) is 2.48. The number of aryl methyl sites for hydroxylation is 2. The maximum Gasteiger partial charge on any atom is 0.259 e. The summed E-state index contributed by atoms with van der Waals surface area (Å²) >= 11 is 11.7. The fourth-order valence-corrected chi connectivity index (χ4v) is 2.02. The molecular weight excluding hydrogens is 289 g/mol. The highest BCUT2D eigenvalue weighted by Crippen LogP contribution is 2.26. The molecule has 0 saturated carbocycles. The molecule has 0 aliphatic heterocycles. The number of carbonyl (C=O) groups is 1. The summed E-state index contributed by atoms with van der Waals surface area (Å²) in [6, 6.07) is 0. The Labute approximate surface area is 119 Å². The lowest BCUT2D eigenvalue weighted by Crippen LogP contribution is -2.14. The Balaban J connectivity index is 2.31. The molecule has 0 bridgehead atoms. The summed E-state index contributed by atoms with van der Waals surface area (Å²) in [5.74, 6) is -0.344. The van der Waals surface area contributed by atoms with Gasteiger partial charge in [0, 0.05) is 13.2 Å². The second-order valence-corrected chi connectivity index (χ2v) is 4.52. The van der Waals surface area contributed by atoms with Crippen LogP contribution in [0.2, 0.25) is 10.3 Å². The van der Waals surface area contributed by atoms with E-state index in [1.807, 2.05) is 6.92 Å². The Kier molecular flexibility index (Phi) is 4.01. The Morgan fingerprint density at radius 2 is 2.00 bits per heavy atom. The number of nitrogens with one attached hydrogen (secondary N) is 1. The normalized spacial score (nSPS) is 10.5. The van der Waals surface area contributed by atoms with Gasteiger partial charge in [-0.15, -0.1) is 0 Å². The van der Waals surface area contributed by atoms with Crippen LogP contribution < -0.4 is 5.32 Å². The second-order valence-electron chi connectivity index (χ2n) is 3.80. The first-order chi connectivity index (χ1) is 9.02. The van der Waals surface area contributed by atoms with Gasteiger partial charge in [-0.2, -0.15) is 5.10 Å². The van der Waals surface area contributed by atoms with Crippen LogP contribution >= 0.6 is 23.2 Å². The summed E-state index contributed by atoms with van der Waals surface area (Å²) < 4.78 is 1.58. The van der Waals surface area contributed by atoms with E-state index < -0.39 is 0 Å². The largest absolute Gasteiger partial charge is 0.317 e. The van der Waals surface area contributed by atoms with Crippen molar-refractivity contribution in [1.29, 1.82) is 0 Å². The van der Waals surface area contributed by atoms with E-state index >= 15 is 0 Å². The first-order valence-corrected chi connectivity index (χ1v) is 6.28. The van der Waals surface area contributed by atoms with Crippen molar-refractivity contribution in [2.75, 3.05) is 5.32 Å². The molecule has 2 aromatic heterocycles. The second kappa shape index (κ2) is 5.54. The zero-order valence-electron chi connectivity index (χ0n) is 10.3. The highest BCUT2D eigenvalue weighted by atomic mass is 35.5. The van der Waals surface area contributed by atoms with Gasteiger partial charge in [0.05, 0.1) is 11.3 Å². The Morgan fingerprint density at radius 3 is 2.58 bits per heavy atom. The van der Waals surface area contributed by atoms with Crippen molar-refractivity contribution in [3.8, 4) is 0 Å². The first-order valence-electron chi connectivity index (χ1n) is 5.52. The molecule has 0 saturated heterocycles. The molecule has 0 aliphatic carbocycles. The molecule has 1 amide bonds. The molecule has 0 atom stereocenters. The van der Waals surface area contributed by atoms with Crippen molar-refractivity contribution in [1.82, 2.24) is 19.7 Å². The van der Waals surface area contributed by atoms with Crippen molar-refractivity contribution in [2.45, 2.75) is 13.3 Å². The summed E-state index contributed by atoms with van der Waals surface area (Å²) in [6.45, 7) is 1.92. The van der Waals surface area contributed by atoms with E-state index in [9.17, 15) is 4.79 Å². The van der Waals surface area contributed by atoms with Gasteiger partial charge in [0.1, 0.15) is 12.0 Å². The average molecular weight is 300 g/mol. The molecule has 2 heterocycles. The maximum atomic E-state index is 12.2. The summed E-state index contributed by atoms with van der Waals surface area (Å²) in [5.41, 5.74) is 1.37. The summed E-state index contributed by atoms with van der Waals surface area (Å²) in [7, 11) is 1.75. The van der Waals surface area contributed by atoms with E-state index in [2.05, 4.69) is 20.4 Å². The number of rotatable bonds is 3. The van der Waals surface area contributed by atoms with Crippen molar-refractivity contribution < 1.29 is 4.79 Å². The van der Waals surface area contributed by atoms with E-state index in [0.717, 1.165) is 0 Å². The SMILES string of the molecule is CCc1nn(C)cc1C(=O)Nc1c(Cl)ncnc1Cl. The highest BCUT2D eigenvalue weighted by molar-refractivity contribution is 6.38. The van der Waals surface area contributed by atoms with Crippen molar-refractivity contribution in [3.63, 3.8) is 0 Å². The summed E-state index contributed by atoms with van der Waals surface area (Å²) in [5, 5.41) is 6.98. The number of hydrogen-bond donors (Lipinski definition) is 1. The van der Waals surface area contributed by atoms with E-state index in [4.69, 9.17) is 23.2 Å². The van der Waals surface area contributed by atoms with E-state index in [1.54, 1.807) is 17.9 Å². The van der Waals surface area contributed by atoms with Crippen LogP contribution in [0.4, 0.5) is 5.69 Å². The van der Waals surface area contributed by atoms with Gasteiger partial charge in [0.2, 0.25) is 0 Å². The molecule has 2 rings (SSSR count). The lowest BCUT2D eigenvalue weighted by atomic mass is 10.2. The van der Waals surface area contributed by atoms with Crippen LogP contribution in [0.15, 0.2) is 12.5 Å². The predicted octanol–water partition coefficient (Wildman–Crippen LogP) is 2.33. The lowest BCUT2D eigenvalue weighted by Gasteiger charge is -2.07. The van der Waals surface area contributed by atoms with Gasteiger partial charge in [0.25, 0.3) is 5.91 Å². The standard InChI is InChI=1S/C11H11Cl2N5O/c1-3-7-6(4-18(2)17-7)11(19)16-8-9(12)14-5-15-10(8)13/h4-5H,3H2,1-2H3,(H,16,19). The van der Waals surface area contributed by atoms with Gasteiger partial charge in [0.15, 0.2) is 10.3 Å². The monoisotopic (exact) mass is 299 g/mol. The smallest absolute Gasteiger partial charge is 0.259 e. The van der Waals surface area contributed by atoms with Crippen LogP contribution in [0.3, 0.4) is 0 Å². The van der Waals surface area contributed by atoms with Crippen molar-refractivity contribution in [2.24, 2.45) is 7.05 Å². The van der Waals surface area contributed by atoms with Gasteiger partial charge >= 0.3 is 0 Å². The predicted molar refractivity (Wildman–Crippen MR) is 72.6 cm³/mol. The molecule has 19 heavy (non-hydrogen) atoms. The molecule has 0 unspecified atom stereocenters. The Hall–Kier alpha value is -1.66. The fraction of sp³-hybridized carbons (Fsp3) is 0.273. The number of halogens is 2. The molecule has 0 aromatic carbocycles. The van der Waals surface area contributed by atoms with Crippen LogP contribution in [0, 0.1) is 0 Å². The summed E-state index contributed by atoms with van der Waals surface area (Å²) in [4.78, 5) is 19.7. The zero-order chi connectivity index (χ0) is 14.0. The summed E-state index contributed by atoms with van der Waals surface area (Å²) in [6.07, 6.45) is 3.51. The molecule has 8 heteroatoms. The van der Waals surface area contributed by atoms with Crippen LogP contribution in [0.1, 0.15) is 23.0 Å².